The minimum Gasteiger partial charge on any atom is -0.497 e. The monoisotopic (exact) mass is 277 g/mol. The van der Waals surface area contributed by atoms with Crippen molar-refractivity contribution in [1.82, 2.24) is 4.90 Å². The van der Waals surface area contributed by atoms with Crippen LogP contribution < -0.4 is 4.74 Å². The van der Waals surface area contributed by atoms with Crippen molar-refractivity contribution in [2.75, 3.05) is 20.2 Å². The van der Waals surface area contributed by atoms with Crippen LogP contribution in [0.25, 0.3) is 0 Å². The molecule has 110 valence electrons. The lowest BCUT2D eigenvalue weighted by Gasteiger charge is -2.35. The lowest BCUT2D eigenvalue weighted by atomic mass is 9.86. The van der Waals surface area contributed by atoms with Gasteiger partial charge in [0.25, 0.3) is 0 Å². The topological polar surface area (TPSA) is 49.8 Å². The van der Waals surface area contributed by atoms with Crippen LogP contribution in [-0.2, 0) is 11.2 Å². The maximum atomic E-state index is 11.1. The molecule has 4 heteroatoms. The Morgan fingerprint density at radius 3 is 2.95 bits per heavy atom. The number of hydrogen-bond donors (Lipinski definition) is 1. The number of carboxylic acid groups (broad SMARTS) is 1. The number of hydrogen-bond acceptors (Lipinski definition) is 3. The lowest BCUT2D eigenvalue weighted by Crippen LogP contribution is -2.36. The summed E-state index contributed by atoms with van der Waals surface area (Å²) in [6.07, 6.45) is 4.17. The number of nitrogens with zero attached hydrogens (tertiary/aromatic N) is 1. The average molecular weight is 277 g/mol. The summed E-state index contributed by atoms with van der Waals surface area (Å²) in [7, 11) is 1.67. The van der Waals surface area contributed by atoms with E-state index in [0.29, 0.717) is 0 Å². The van der Waals surface area contributed by atoms with Crippen LogP contribution in [0.4, 0.5) is 0 Å². The summed E-state index contributed by atoms with van der Waals surface area (Å²) in [5, 5.41) is 9.12. The van der Waals surface area contributed by atoms with Crippen LogP contribution in [0.15, 0.2) is 18.2 Å². The second kappa shape index (κ2) is 6.75. The highest BCUT2D eigenvalue weighted by molar-refractivity contribution is 5.69. The van der Waals surface area contributed by atoms with Crippen LogP contribution >= 0.6 is 0 Å². The number of methoxy groups -OCH3 is 1. The first kappa shape index (κ1) is 14.9. The zero-order chi connectivity index (χ0) is 14.5. The fourth-order valence-corrected chi connectivity index (χ4v) is 3.06. The van der Waals surface area contributed by atoms with Crippen molar-refractivity contribution in [3.63, 3.8) is 0 Å². The first-order valence-electron chi connectivity index (χ1n) is 7.28. The molecule has 1 atom stereocenters. The van der Waals surface area contributed by atoms with Crippen molar-refractivity contribution >= 4 is 5.97 Å². The Morgan fingerprint density at radius 1 is 1.50 bits per heavy atom. The van der Waals surface area contributed by atoms with Crippen LogP contribution in [-0.4, -0.2) is 36.2 Å². The summed E-state index contributed by atoms with van der Waals surface area (Å²) in [6.45, 7) is 3.01. The van der Waals surface area contributed by atoms with Crippen molar-refractivity contribution in [2.45, 2.75) is 38.6 Å². The normalized spacial score (nSPS) is 17.9. The van der Waals surface area contributed by atoms with Gasteiger partial charge in [0.2, 0.25) is 0 Å². The first-order chi connectivity index (χ1) is 9.65. The molecule has 0 spiro atoms. The molecule has 0 saturated heterocycles. The van der Waals surface area contributed by atoms with Gasteiger partial charge in [-0.1, -0.05) is 13.0 Å². The van der Waals surface area contributed by atoms with Crippen LogP contribution in [0.1, 0.15) is 43.4 Å². The molecule has 0 bridgehead atoms. The molecule has 0 aliphatic heterocycles. The van der Waals surface area contributed by atoms with Gasteiger partial charge in [-0.15, -0.1) is 0 Å². The Morgan fingerprint density at radius 2 is 2.30 bits per heavy atom. The van der Waals surface area contributed by atoms with E-state index in [1.54, 1.807) is 7.11 Å². The van der Waals surface area contributed by atoms with Gasteiger partial charge in [-0.25, -0.2) is 0 Å². The lowest BCUT2D eigenvalue weighted by molar-refractivity contribution is -0.139. The molecule has 0 aromatic heterocycles. The minimum atomic E-state index is -0.756. The number of carboxylic acids is 1. The number of carbonyl (C=O) groups is 1. The Hall–Kier alpha value is -1.55. The maximum Gasteiger partial charge on any atom is 0.317 e. The van der Waals surface area contributed by atoms with Crippen molar-refractivity contribution in [3.8, 4) is 5.75 Å². The van der Waals surface area contributed by atoms with Gasteiger partial charge < -0.3 is 9.84 Å². The van der Waals surface area contributed by atoms with Gasteiger partial charge in [0.1, 0.15) is 5.75 Å². The van der Waals surface area contributed by atoms with E-state index in [9.17, 15) is 4.79 Å². The number of rotatable bonds is 6. The number of aliphatic carboxylic acids is 1. The van der Waals surface area contributed by atoms with E-state index < -0.39 is 5.97 Å². The molecule has 2 rings (SSSR count). The third-order valence-electron chi connectivity index (χ3n) is 3.93. The maximum absolute atomic E-state index is 11.1. The number of ether oxygens (including phenoxy) is 1. The van der Waals surface area contributed by atoms with Crippen LogP contribution in [0.2, 0.25) is 0 Å². The van der Waals surface area contributed by atoms with E-state index >= 15 is 0 Å². The molecule has 0 amide bonds. The SMILES string of the molecule is CCCN(CC(=O)O)C1CCCc2ccc(OC)cc21. The Labute approximate surface area is 120 Å². The highest BCUT2D eigenvalue weighted by atomic mass is 16.5. The summed E-state index contributed by atoms with van der Waals surface area (Å²) < 4.78 is 5.31. The second-order valence-electron chi connectivity index (χ2n) is 5.34. The Balaban J connectivity index is 2.30. The van der Waals surface area contributed by atoms with Crippen molar-refractivity contribution in [3.05, 3.63) is 29.3 Å². The van der Waals surface area contributed by atoms with Gasteiger partial charge in [-0.2, -0.15) is 0 Å². The van der Waals surface area contributed by atoms with Gasteiger partial charge in [-0.05, 0) is 55.5 Å². The second-order valence-corrected chi connectivity index (χ2v) is 5.34. The summed E-state index contributed by atoms with van der Waals surface area (Å²) in [6, 6.07) is 6.38. The van der Waals surface area contributed by atoms with E-state index in [1.165, 1.54) is 11.1 Å². The fraction of sp³-hybridized carbons (Fsp3) is 0.562. The third-order valence-corrected chi connectivity index (χ3v) is 3.93. The molecule has 1 aromatic rings. The van der Waals surface area contributed by atoms with E-state index in [1.807, 2.05) is 6.07 Å². The van der Waals surface area contributed by atoms with Crippen LogP contribution in [0.5, 0.6) is 5.75 Å². The summed E-state index contributed by atoms with van der Waals surface area (Å²) in [5.74, 6) is 0.0934. The van der Waals surface area contributed by atoms with Gasteiger partial charge >= 0.3 is 5.97 Å². The Kier molecular flexibility index (Phi) is 5.01. The molecule has 4 nitrogen and oxygen atoms in total. The first-order valence-corrected chi connectivity index (χ1v) is 7.28. The molecule has 0 fully saturated rings. The molecule has 1 unspecified atom stereocenters. The largest absolute Gasteiger partial charge is 0.497 e. The van der Waals surface area contributed by atoms with E-state index in [4.69, 9.17) is 9.84 Å². The van der Waals surface area contributed by atoms with Gasteiger partial charge in [0.05, 0.1) is 13.7 Å². The summed E-state index contributed by atoms with van der Waals surface area (Å²) >= 11 is 0. The third kappa shape index (κ3) is 3.31. The van der Waals surface area contributed by atoms with Gasteiger partial charge in [0.15, 0.2) is 0 Å². The molecule has 1 aliphatic rings. The summed E-state index contributed by atoms with van der Waals surface area (Å²) in [4.78, 5) is 13.2. The number of fused-ring (bicyclic) bond motifs is 1. The zero-order valence-corrected chi connectivity index (χ0v) is 12.3. The minimum absolute atomic E-state index is 0.106. The van der Waals surface area contributed by atoms with E-state index in [2.05, 4.69) is 24.0 Å². The predicted molar refractivity (Wildman–Crippen MR) is 78.2 cm³/mol. The highest BCUT2D eigenvalue weighted by Crippen LogP contribution is 2.36. The van der Waals surface area contributed by atoms with E-state index in [0.717, 1.165) is 38.0 Å². The number of benzene rings is 1. The molecule has 20 heavy (non-hydrogen) atoms. The standard InChI is InChI=1S/C16H23NO3/c1-3-9-17(11-16(18)19)15-6-4-5-12-7-8-13(20-2)10-14(12)15/h7-8,10,15H,3-6,9,11H2,1-2H3,(H,18,19). The zero-order valence-electron chi connectivity index (χ0n) is 12.3. The van der Waals surface area contributed by atoms with Crippen LogP contribution in [0, 0.1) is 0 Å². The molecule has 1 aliphatic carbocycles. The van der Waals surface area contributed by atoms with Crippen LogP contribution in [0.3, 0.4) is 0 Å². The predicted octanol–water partition coefficient (Wildman–Crippen LogP) is 2.87. The van der Waals surface area contributed by atoms with Gasteiger partial charge in [0, 0.05) is 6.04 Å². The quantitative estimate of drug-likeness (QED) is 0.868. The van der Waals surface area contributed by atoms with Gasteiger partial charge in [-0.3, -0.25) is 9.69 Å². The van der Waals surface area contributed by atoms with Crippen molar-refractivity contribution in [1.29, 1.82) is 0 Å². The molecular weight excluding hydrogens is 254 g/mol. The smallest absolute Gasteiger partial charge is 0.317 e. The van der Waals surface area contributed by atoms with E-state index in [-0.39, 0.29) is 12.6 Å². The van der Waals surface area contributed by atoms with Crippen molar-refractivity contribution < 1.29 is 14.6 Å². The molecular formula is C16H23NO3. The summed E-state index contributed by atoms with van der Waals surface area (Å²) in [5.41, 5.74) is 2.57. The Bertz CT molecular complexity index is 473. The average Bonchev–Trinajstić information content (AvgIpc) is 2.45. The highest BCUT2D eigenvalue weighted by Gasteiger charge is 2.27. The molecule has 1 aromatic carbocycles. The number of aryl methyl sites for hydroxylation is 1. The molecule has 1 N–H and O–H groups in total. The van der Waals surface area contributed by atoms with Crippen molar-refractivity contribution in [2.24, 2.45) is 0 Å². The molecule has 0 heterocycles. The molecule has 0 saturated carbocycles. The fourth-order valence-electron chi connectivity index (χ4n) is 3.06. The molecule has 0 radical (unpaired) electrons.